The van der Waals surface area contributed by atoms with Crippen molar-refractivity contribution in [1.82, 2.24) is 19.9 Å². The lowest BCUT2D eigenvalue weighted by atomic mass is 9.97. The molecule has 1 fully saturated rings. The first kappa shape index (κ1) is 23.5. The lowest BCUT2D eigenvalue weighted by molar-refractivity contribution is -0.134. The van der Waals surface area contributed by atoms with Gasteiger partial charge in [0.1, 0.15) is 5.71 Å². The van der Waals surface area contributed by atoms with Crippen LogP contribution in [0.1, 0.15) is 47.5 Å². The Morgan fingerprint density at radius 1 is 1.20 bits per heavy atom. The molecule has 0 bridgehead atoms. The number of methoxy groups -OCH3 is 1. The standard InChI is InChI=1S/C24H24ClN5O4S/c1-32-22-23(27-9-8-26-22)33-13-21(31)30-10-6-15(7-11-30)24-28-19(14-35-24)18-12-20(34-29-18)16-4-2-3-5-17(16)25/h2-5,8-9,14-15,20H,6-7,10-13H2,1H3. The van der Waals surface area contributed by atoms with E-state index in [9.17, 15) is 4.79 Å². The van der Waals surface area contributed by atoms with Crippen LogP contribution in [0, 0.1) is 0 Å². The minimum absolute atomic E-state index is 0.0842. The van der Waals surface area contributed by atoms with Gasteiger partial charge in [-0.3, -0.25) is 4.79 Å². The molecule has 0 saturated carbocycles. The normalized spacial score (nSPS) is 18.2. The molecule has 11 heteroatoms. The molecule has 4 heterocycles. The summed E-state index contributed by atoms with van der Waals surface area (Å²) in [6, 6.07) is 7.66. The molecule has 1 amide bonds. The molecule has 1 aromatic carbocycles. The van der Waals surface area contributed by atoms with E-state index in [1.54, 1.807) is 11.3 Å². The second-order valence-corrected chi connectivity index (χ2v) is 9.54. The topological polar surface area (TPSA) is 99.0 Å². The molecule has 0 aliphatic carbocycles. The van der Waals surface area contributed by atoms with Gasteiger partial charge < -0.3 is 19.2 Å². The van der Waals surface area contributed by atoms with Crippen LogP contribution < -0.4 is 9.47 Å². The molecule has 0 radical (unpaired) electrons. The summed E-state index contributed by atoms with van der Waals surface area (Å²) in [7, 11) is 1.48. The van der Waals surface area contributed by atoms with Crippen LogP contribution in [-0.4, -0.2) is 58.3 Å². The third-order valence-corrected chi connectivity index (χ3v) is 7.45. The summed E-state index contributed by atoms with van der Waals surface area (Å²) >= 11 is 7.94. The smallest absolute Gasteiger partial charge is 0.278 e. The SMILES string of the molecule is COc1nccnc1OCC(=O)N1CCC(c2nc(C3=NOC(c4ccccc4Cl)C3)cs2)CC1. The van der Waals surface area contributed by atoms with Crippen LogP contribution in [0.4, 0.5) is 0 Å². The van der Waals surface area contributed by atoms with Crippen molar-refractivity contribution in [3.8, 4) is 11.8 Å². The Morgan fingerprint density at radius 2 is 1.97 bits per heavy atom. The Bertz CT molecular complexity index is 1230. The van der Waals surface area contributed by atoms with Crippen molar-refractivity contribution in [2.75, 3.05) is 26.8 Å². The monoisotopic (exact) mass is 513 g/mol. The molecular weight excluding hydrogens is 490 g/mol. The largest absolute Gasteiger partial charge is 0.477 e. The van der Waals surface area contributed by atoms with E-state index in [-0.39, 0.29) is 30.4 Å². The zero-order chi connectivity index (χ0) is 24.2. The number of ether oxygens (including phenoxy) is 2. The Kier molecular flexibility index (Phi) is 7.10. The van der Waals surface area contributed by atoms with E-state index >= 15 is 0 Å². The molecule has 1 unspecified atom stereocenters. The maximum atomic E-state index is 12.6. The molecule has 0 N–H and O–H groups in total. The number of nitrogens with zero attached hydrogens (tertiary/aromatic N) is 5. The van der Waals surface area contributed by atoms with Crippen molar-refractivity contribution in [3.05, 3.63) is 63.3 Å². The van der Waals surface area contributed by atoms with Crippen LogP contribution in [0.2, 0.25) is 5.02 Å². The first-order valence-corrected chi connectivity index (χ1v) is 12.6. The van der Waals surface area contributed by atoms with Crippen LogP contribution in [-0.2, 0) is 9.63 Å². The highest BCUT2D eigenvalue weighted by atomic mass is 35.5. The van der Waals surface area contributed by atoms with E-state index in [1.165, 1.54) is 19.5 Å². The van der Waals surface area contributed by atoms with Gasteiger partial charge in [-0.15, -0.1) is 11.3 Å². The van der Waals surface area contributed by atoms with E-state index in [0.29, 0.717) is 30.5 Å². The number of amides is 1. The number of oxime groups is 1. The molecule has 5 rings (SSSR count). The Morgan fingerprint density at radius 3 is 2.74 bits per heavy atom. The van der Waals surface area contributed by atoms with Crippen LogP contribution in [0.3, 0.4) is 0 Å². The quantitative estimate of drug-likeness (QED) is 0.465. The average molecular weight is 514 g/mol. The van der Waals surface area contributed by atoms with E-state index in [0.717, 1.165) is 34.8 Å². The molecule has 9 nitrogen and oxygen atoms in total. The highest BCUT2D eigenvalue weighted by Gasteiger charge is 2.29. The minimum atomic E-state index is -0.192. The van der Waals surface area contributed by atoms with Crippen molar-refractivity contribution >= 4 is 34.6 Å². The predicted octanol–water partition coefficient (Wildman–Crippen LogP) is 4.25. The lowest BCUT2D eigenvalue weighted by Crippen LogP contribution is -2.40. The fraction of sp³-hybridized carbons (Fsp3) is 0.375. The first-order valence-electron chi connectivity index (χ1n) is 11.3. The van der Waals surface area contributed by atoms with Gasteiger partial charge in [-0.25, -0.2) is 15.0 Å². The number of piperidine rings is 1. The van der Waals surface area contributed by atoms with Gasteiger partial charge in [0.05, 0.1) is 17.8 Å². The van der Waals surface area contributed by atoms with E-state index in [4.69, 9.17) is 30.9 Å². The fourth-order valence-electron chi connectivity index (χ4n) is 4.19. The van der Waals surface area contributed by atoms with Crippen molar-refractivity contribution in [2.24, 2.45) is 5.16 Å². The van der Waals surface area contributed by atoms with E-state index in [2.05, 4.69) is 15.1 Å². The Balaban J connectivity index is 1.13. The number of thiazole rings is 1. The predicted molar refractivity (Wildman–Crippen MR) is 131 cm³/mol. The number of carbonyl (C=O) groups is 1. The molecule has 3 aromatic rings. The van der Waals surface area contributed by atoms with Crippen LogP contribution >= 0.6 is 22.9 Å². The molecule has 2 aliphatic rings. The summed E-state index contributed by atoms with van der Waals surface area (Å²) in [5, 5.41) is 8.05. The Labute approximate surface area is 211 Å². The minimum Gasteiger partial charge on any atom is -0.477 e. The number of halogens is 1. The maximum absolute atomic E-state index is 12.6. The van der Waals surface area contributed by atoms with Crippen molar-refractivity contribution in [2.45, 2.75) is 31.3 Å². The fourth-order valence-corrected chi connectivity index (χ4v) is 5.45. The zero-order valence-electron chi connectivity index (χ0n) is 19.1. The highest BCUT2D eigenvalue weighted by molar-refractivity contribution is 7.10. The van der Waals surface area contributed by atoms with Crippen LogP contribution in [0.5, 0.6) is 11.8 Å². The molecule has 182 valence electrons. The Hall–Kier alpha value is -3.24. The summed E-state index contributed by atoms with van der Waals surface area (Å²) in [5.41, 5.74) is 2.62. The average Bonchev–Trinajstić information content (AvgIpc) is 3.58. The van der Waals surface area contributed by atoms with Gasteiger partial charge in [-0.05, 0) is 18.9 Å². The number of likely N-dealkylation sites (tertiary alicyclic amines) is 1. The first-order chi connectivity index (χ1) is 17.1. The molecule has 1 atom stereocenters. The van der Waals surface area contributed by atoms with Gasteiger partial charge in [0, 0.05) is 53.8 Å². The molecular formula is C24H24ClN5O4S. The summed E-state index contributed by atoms with van der Waals surface area (Å²) in [6.07, 6.45) is 5.14. The number of aromatic nitrogens is 3. The highest BCUT2D eigenvalue weighted by Crippen LogP contribution is 2.35. The van der Waals surface area contributed by atoms with E-state index < -0.39 is 0 Å². The van der Waals surface area contributed by atoms with Gasteiger partial charge in [0.15, 0.2) is 12.7 Å². The van der Waals surface area contributed by atoms with Gasteiger partial charge >= 0.3 is 0 Å². The summed E-state index contributed by atoms with van der Waals surface area (Å²) < 4.78 is 10.6. The number of carbonyl (C=O) groups excluding carboxylic acids is 1. The van der Waals surface area contributed by atoms with Crippen molar-refractivity contribution < 1.29 is 19.1 Å². The number of rotatable bonds is 7. The zero-order valence-corrected chi connectivity index (χ0v) is 20.7. The molecule has 1 saturated heterocycles. The third kappa shape index (κ3) is 5.23. The van der Waals surface area contributed by atoms with Gasteiger partial charge in [0.2, 0.25) is 0 Å². The second-order valence-electron chi connectivity index (χ2n) is 8.24. The maximum Gasteiger partial charge on any atom is 0.278 e. The van der Waals surface area contributed by atoms with E-state index in [1.807, 2.05) is 34.5 Å². The van der Waals surface area contributed by atoms with Gasteiger partial charge in [-0.2, -0.15) is 0 Å². The van der Waals surface area contributed by atoms with Gasteiger partial charge in [0.25, 0.3) is 17.7 Å². The number of hydrogen-bond acceptors (Lipinski definition) is 9. The second kappa shape index (κ2) is 10.6. The summed E-state index contributed by atoms with van der Waals surface area (Å²) in [6.45, 7) is 1.20. The molecule has 0 spiro atoms. The molecule has 35 heavy (non-hydrogen) atoms. The van der Waals surface area contributed by atoms with Crippen molar-refractivity contribution in [3.63, 3.8) is 0 Å². The number of hydrogen-bond donors (Lipinski definition) is 0. The van der Waals surface area contributed by atoms with Crippen LogP contribution in [0.25, 0.3) is 0 Å². The summed E-state index contributed by atoms with van der Waals surface area (Å²) in [4.78, 5) is 33.0. The molecule has 2 aromatic heterocycles. The van der Waals surface area contributed by atoms with Crippen molar-refractivity contribution in [1.29, 1.82) is 0 Å². The van der Waals surface area contributed by atoms with Crippen LogP contribution in [0.15, 0.2) is 47.2 Å². The number of benzene rings is 1. The molecule has 2 aliphatic heterocycles. The lowest BCUT2D eigenvalue weighted by Gasteiger charge is -2.31. The van der Waals surface area contributed by atoms with Gasteiger partial charge in [-0.1, -0.05) is 35.0 Å². The summed E-state index contributed by atoms with van der Waals surface area (Å²) in [5.74, 6) is 0.693. The third-order valence-electron chi connectivity index (χ3n) is 6.09.